The fourth-order valence-electron chi connectivity index (χ4n) is 6.38. The van der Waals surface area contributed by atoms with Gasteiger partial charge in [0.25, 0.3) is 0 Å². The second kappa shape index (κ2) is 4.05. The molecule has 0 unspecified atom stereocenters. The highest BCUT2D eigenvalue weighted by atomic mass is 16.5. The van der Waals surface area contributed by atoms with Crippen molar-refractivity contribution in [3.05, 3.63) is 41.1 Å². The Hall–Kier alpha value is -1.81. The molecule has 2 aliphatic carbocycles. The molecule has 0 radical (unpaired) electrons. The zero-order valence-electron chi connectivity index (χ0n) is 14.0. The van der Waals surface area contributed by atoms with Gasteiger partial charge in [-0.1, -0.05) is 18.2 Å². The summed E-state index contributed by atoms with van der Waals surface area (Å²) in [6.07, 6.45) is 4.74. The molecule has 1 N–H and O–H groups in total. The van der Waals surface area contributed by atoms with E-state index in [-0.39, 0.29) is 11.4 Å². The van der Waals surface area contributed by atoms with Gasteiger partial charge in [-0.15, -0.1) is 0 Å². The van der Waals surface area contributed by atoms with E-state index >= 15 is 0 Å². The number of carbonyl (C=O) groups excluding carboxylic acids is 1. The van der Waals surface area contributed by atoms with Crippen LogP contribution in [-0.4, -0.2) is 37.1 Å². The van der Waals surface area contributed by atoms with Gasteiger partial charge in [0.1, 0.15) is 0 Å². The molecule has 4 nitrogen and oxygen atoms in total. The number of nitrogens with zero attached hydrogens (tertiary/aromatic N) is 1. The van der Waals surface area contributed by atoms with E-state index in [0.29, 0.717) is 17.4 Å². The molecule has 124 valence electrons. The Kier molecular flexibility index (Phi) is 2.27. The predicted octanol–water partition coefficient (Wildman–Crippen LogP) is 2.67. The Morgan fingerprint density at radius 3 is 2.92 bits per heavy atom. The fraction of sp³-hybridized carbons (Fsp3) is 0.550. The van der Waals surface area contributed by atoms with E-state index in [0.717, 1.165) is 25.0 Å². The topological polar surface area (TPSA) is 41.6 Å². The lowest BCUT2D eigenvalue weighted by Crippen LogP contribution is -2.56. The molecule has 5 aliphatic rings. The lowest BCUT2D eigenvalue weighted by molar-refractivity contribution is -0.138. The second-order valence-electron chi connectivity index (χ2n) is 8.31. The molecule has 1 aromatic rings. The van der Waals surface area contributed by atoms with Crippen molar-refractivity contribution in [3.63, 3.8) is 0 Å². The van der Waals surface area contributed by atoms with Crippen LogP contribution in [0.3, 0.4) is 0 Å². The van der Waals surface area contributed by atoms with Crippen LogP contribution in [0.4, 0.5) is 5.69 Å². The quantitative estimate of drug-likeness (QED) is 0.807. The summed E-state index contributed by atoms with van der Waals surface area (Å²) in [7, 11) is 1.53. The molecule has 3 atom stereocenters. The summed E-state index contributed by atoms with van der Waals surface area (Å²) in [4.78, 5) is 15.5. The molecule has 1 saturated carbocycles. The number of anilines is 1. The Bertz CT molecular complexity index is 810. The van der Waals surface area contributed by atoms with E-state index in [1.165, 1.54) is 43.4 Å². The van der Waals surface area contributed by atoms with Crippen molar-refractivity contribution < 1.29 is 9.53 Å². The second-order valence-corrected chi connectivity index (χ2v) is 8.31. The molecule has 2 bridgehead atoms. The number of rotatable bonds is 1. The largest absolute Gasteiger partial charge is 0.466 e. The van der Waals surface area contributed by atoms with Crippen LogP contribution in [0.15, 0.2) is 35.5 Å². The molecule has 3 heterocycles. The third kappa shape index (κ3) is 1.32. The Labute approximate surface area is 141 Å². The van der Waals surface area contributed by atoms with Crippen molar-refractivity contribution in [2.24, 2.45) is 11.3 Å². The molecule has 2 spiro atoms. The highest BCUT2D eigenvalue weighted by Crippen LogP contribution is 2.68. The van der Waals surface area contributed by atoms with E-state index < -0.39 is 0 Å². The molecule has 24 heavy (non-hydrogen) atoms. The number of para-hydroxylation sites is 1. The number of methoxy groups -OCH3 is 1. The van der Waals surface area contributed by atoms with Crippen molar-refractivity contribution in [1.29, 1.82) is 0 Å². The summed E-state index contributed by atoms with van der Waals surface area (Å²) in [5, 5.41) is 3.67. The Morgan fingerprint density at radius 1 is 1.29 bits per heavy atom. The minimum absolute atomic E-state index is 0.0207. The average molecular weight is 322 g/mol. The number of carbonyl (C=O) groups is 1. The van der Waals surface area contributed by atoms with Gasteiger partial charge in [-0.25, -0.2) is 4.79 Å². The van der Waals surface area contributed by atoms with Crippen molar-refractivity contribution in [3.8, 4) is 0 Å². The first-order valence-corrected chi connectivity index (χ1v) is 9.13. The standard InChI is InChI=1S/C20H22N2O2/c1-24-18(23)16-13-10-15-20(8-9-22(15)11-19(13)6-7-19)12-4-2-3-5-14(12)21-17(16)20/h2-5,13,15,21H,6-11H2,1H3/t13-,15+,20-/m1/s1. The number of nitrogens with one attached hydrogen (secondary N) is 1. The van der Waals surface area contributed by atoms with Crippen LogP contribution in [0.5, 0.6) is 0 Å². The van der Waals surface area contributed by atoms with Gasteiger partial charge >= 0.3 is 5.97 Å². The minimum Gasteiger partial charge on any atom is -0.466 e. The number of esters is 1. The third-order valence-corrected chi connectivity index (χ3v) is 7.55. The SMILES string of the molecule is COC(=O)C1=C2Nc3ccccc3[C@@]23CCN2CC4(CC4)[C@@H]1C[C@H]23. The molecule has 3 fully saturated rings. The zero-order valence-corrected chi connectivity index (χ0v) is 14.0. The first-order chi connectivity index (χ1) is 11.7. The highest BCUT2D eigenvalue weighted by molar-refractivity contribution is 5.94. The summed E-state index contributed by atoms with van der Waals surface area (Å²) in [6.45, 7) is 2.31. The van der Waals surface area contributed by atoms with Gasteiger partial charge in [-0.05, 0) is 49.3 Å². The van der Waals surface area contributed by atoms with Crippen LogP contribution in [0.1, 0.15) is 31.2 Å². The van der Waals surface area contributed by atoms with E-state index in [4.69, 9.17) is 4.74 Å². The molecule has 1 aromatic carbocycles. The highest BCUT2D eigenvalue weighted by Gasteiger charge is 2.68. The average Bonchev–Trinajstić information content (AvgIpc) is 3.14. The van der Waals surface area contributed by atoms with Crippen LogP contribution in [0.2, 0.25) is 0 Å². The van der Waals surface area contributed by atoms with Crippen molar-refractivity contribution in [2.75, 3.05) is 25.5 Å². The molecule has 4 heteroatoms. The molecular weight excluding hydrogens is 300 g/mol. The maximum atomic E-state index is 12.8. The Morgan fingerprint density at radius 2 is 2.12 bits per heavy atom. The van der Waals surface area contributed by atoms with Gasteiger partial charge in [0.2, 0.25) is 0 Å². The first-order valence-electron chi connectivity index (χ1n) is 9.13. The summed E-state index contributed by atoms with van der Waals surface area (Å²) in [6, 6.07) is 9.17. The molecule has 6 rings (SSSR count). The van der Waals surface area contributed by atoms with Gasteiger partial charge in [-0.3, -0.25) is 4.90 Å². The normalized spacial score (nSPS) is 37.0. The molecule has 2 saturated heterocycles. The van der Waals surface area contributed by atoms with E-state index in [1.54, 1.807) is 0 Å². The fourth-order valence-corrected chi connectivity index (χ4v) is 6.38. The molecular formula is C20H22N2O2. The molecule has 3 aliphatic heterocycles. The number of benzene rings is 1. The van der Waals surface area contributed by atoms with Crippen LogP contribution >= 0.6 is 0 Å². The number of hydrogen-bond donors (Lipinski definition) is 1. The maximum Gasteiger partial charge on any atom is 0.335 e. The molecule has 0 amide bonds. The monoisotopic (exact) mass is 322 g/mol. The minimum atomic E-state index is -0.111. The third-order valence-electron chi connectivity index (χ3n) is 7.55. The number of piperidine rings is 1. The first kappa shape index (κ1) is 13.5. The summed E-state index contributed by atoms with van der Waals surface area (Å²) in [5.41, 5.74) is 5.02. The van der Waals surface area contributed by atoms with Gasteiger partial charge in [0, 0.05) is 29.9 Å². The summed E-state index contributed by atoms with van der Waals surface area (Å²) >= 11 is 0. The summed E-state index contributed by atoms with van der Waals surface area (Å²) < 4.78 is 5.26. The Balaban J connectivity index is 1.66. The van der Waals surface area contributed by atoms with Gasteiger partial charge in [0.05, 0.1) is 18.1 Å². The van der Waals surface area contributed by atoms with Gasteiger partial charge < -0.3 is 10.1 Å². The number of hydrogen-bond acceptors (Lipinski definition) is 4. The van der Waals surface area contributed by atoms with Gasteiger partial charge in [-0.2, -0.15) is 0 Å². The van der Waals surface area contributed by atoms with Gasteiger partial charge in [0.15, 0.2) is 0 Å². The van der Waals surface area contributed by atoms with Crippen LogP contribution in [0.25, 0.3) is 0 Å². The maximum absolute atomic E-state index is 12.8. The van der Waals surface area contributed by atoms with Crippen LogP contribution < -0.4 is 5.32 Å². The number of fused-ring (bicyclic) bond motifs is 3. The zero-order chi connectivity index (χ0) is 16.1. The van der Waals surface area contributed by atoms with Crippen molar-refractivity contribution in [2.45, 2.75) is 37.1 Å². The van der Waals surface area contributed by atoms with E-state index in [9.17, 15) is 4.79 Å². The van der Waals surface area contributed by atoms with Crippen LogP contribution in [-0.2, 0) is 14.9 Å². The summed E-state index contributed by atoms with van der Waals surface area (Å²) in [5.74, 6) is 0.258. The number of ether oxygens (including phenoxy) is 1. The lowest BCUT2D eigenvalue weighted by atomic mass is 9.59. The van der Waals surface area contributed by atoms with E-state index in [2.05, 4.69) is 34.5 Å². The van der Waals surface area contributed by atoms with E-state index in [1.807, 2.05) is 0 Å². The molecule has 0 aromatic heterocycles. The van der Waals surface area contributed by atoms with Crippen molar-refractivity contribution in [1.82, 2.24) is 4.90 Å². The lowest BCUT2D eigenvalue weighted by Gasteiger charge is -2.51. The smallest absolute Gasteiger partial charge is 0.335 e. The van der Waals surface area contributed by atoms with Crippen molar-refractivity contribution >= 4 is 11.7 Å². The predicted molar refractivity (Wildman–Crippen MR) is 90.5 cm³/mol. The van der Waals surface area contributed by atoms with Crippen LogP contribution in [0, 0.1) is 11.3 Å².